The van der Waals surface area contributed by atoms with Crippen molar-refractivity contribution in [3.63, 3.8) is 0 Å². The van der Waals surface area contributed by atoms with Crippen molar-refractivity contribution >= 4 is 35.0 Å². The van der Waals surface area contributed by atoms with Gasteiger partial charge < -0.3 is 10.4 Å². The number of rotatable bonds is 4. The van der Waals surface area contributed by atoms with E-state index in [1.54, 1.807) is 11.8 Å². The average Bonchev–Trinajstić information content (AvgIpc) is 2.96. The van der Waals surface area contributed by atoms with Crippen LogP contribution in [0.2, 0.25) is 0 Å². The van der Waals surface area contributed by atoms with Crippen LogP contribution in [0.4, 0.5) is 0 Å². The fraction of sp³-hybridized carbons (Fsp3) is 0.538. The maximum atomic E-state index is 12.2. The first-order valence-corrected chi connectivity index (χ1v) is 8.18. The molecule has 2 N–H and O–H groups in total. The maximum Gasteiger partial charge on any atom is 0.330 e. The van der Waals surface area contributed by atoms with Crippen LogP contribution < -0.4 is 5.32 Å². The molecule has 0 aromatic carbocycles. The third-order valence-corrected chi connectivity index (χ3v) is 5.69. The van der Waals surface area contributed by atoms with E-state index in [9.17, 15) is 14.7 Å². The van der Waals surface area contributed by atoms with Crippen LogP contribution >= 0.6 is 23.1 Å². The molecule has 1 amide bonds. The topological polar surface area (TPSA) is 66.4 Å². The first kappa shape index (κ1) is 14.4. The minimum atomic E-state index is -1.09. The van der Waals surface area contributed by atoms with Gasteiger partial charge in [-0.3, -0.25) is 4.79 Å². The number of thiophene rings is 1. The van der Waals surface area contributed by atoms with Crippen LogP contribution in [0.25, 0.3) is 0 Å². The van der Waals surface area contributed by atoms with Gasteiger partial charge in [-0.25, -0.2) is 4.79 Å². The monoisotopic (exact) mass is 299 g/mol. The van der Waals surface area contributed by atoms with Crippen LogP contribution in [0.5, 0.6) is 0 Å². The number of amides is 1. The van der Waals surface area contributed by atoms with E-state index in [4.69, 9.17) is 0 Å². The predicted molar refractivity (Wildman–Crippen MR) is 78.2 cm³/mol. The van der Waals surface area contributed by atoms with Crippen molar-refractivity contribution < 1.29 is 14.7 Å². The second-order valence-corrected chi connectivity index (χ2v) is 7.05. The highest BCUT2D eigenvalue weighted by Gasteiger charge is 2.43. The largest absolute Gasteiger partial charge is 0.479 e. The van der Waals surface area contributed by atoms with Crippen molar-refractivity contribution in [3.8, 4) is 0 Å². The minimum absolute atomic E-state index is 0.266. The summed E-state index contributed by atoms with van der Waals surface area (Å²) in [6.45, 7) is 4.03. The van der Waals surface area contributed by atoms with Gasteiger partial charge >= 0.3 is 5.97 Å². The number of thioether (sulfide) groups is 1. The van der Waals surface area contributed by atoms with Crippen molar-refractivity contribution in [2.45, 2.75) is 32.2 Å². The Hall–Kier alpha value is -1.01. The molecular weight excluding hydrogens is 282 g/mol. The zero-order valence-corrected chi connectivity index (χ0v) is 12.6. The van der Waals surface area contributed by atoms with Gasteiger partial charge in [0.25, 0.3) is 5.91 Å². The van der Waals surface area contributed by atoms with Crippen LogP contribution in [-0.4, -0.2) is 34.0 Å². The lowest BCUT2D eigenvalue weighted by molar-refractivity contribution is -0.143. The molecule has 0 aliphatic carbocycles. The molecular formula is C13H17NO3S2. The summed E-state index contributed by atoms with van der Waals surface area (Å²) in [4.78, 5) is 25.3. The SMILES string of the molecule is CCc1cc(C(=O)NC2(C(=O)O)CCSC2)sc1C. The molecule has 0 bridgehead atoms. The summed E-state index contributed by atoms with van der Waals surface area (Å²) in [7, 11) is 0. The first-order valence-electron chi connectivity index (χ1n) is 6.21. The molecule has 2 rings (SSSR count). The fourth-order valence-electron chi connectivity index (χ4n) is 2.15. The molecule has 1 aromatic heterocycles. The third kappa shape index (κ3) is 2.79. The van der Waals surface area contributed by atoms with Crippen molar-refractivity contribution in [3.05, 3.63) is 21.4 Å². The van der Waals surface area contributed by atoms with Gasteiger partial charge in [0, 0.05) is 10.6 Å². The van der Waals surface area contributed by atoms with E-state index in [1.165, 1.54) is 11.3 Å². The van der Waals surface area contributed by atoms with Crippen molar-refractivity contribution in [1.82, 2.24) is 5.32 Å². The molecule has 1 unspecified atom stereocenters. The Morgan fingerprint density at radius 3 is 2.74 bits per heavy atom. The average molecular weight is 299 g/mol. The summed E-state index contributed by atoms with van der Waals surface area (Å²) in [5, 5.41) is 12.1. The zero-order chi connectivity index (χ0) is 14.0. The van der Waals surface area contributed by atoms with Gasteiger partial charge in [0.1, 0.15) is 5.54 Å². The molecule has 19 heavy (non-hydrogen) atoms. The van der Waals surface area contributed by atoms with E-state index in [-0.39, 0.29) is 5.91 Å². The smallest absolute Gasteiger partial charge is 0.330 e. The van der Waals surface area contributed by atoms with E-state index in [2.05, 4.69) is 5.32 Å². The number of hydrogen-bond donors (Lipinski definition) is 2. The maximum absolute atomic E-state index is 12.2. The molecule has 0 saturated carbocycles. The molecule has 1 aromatic rings. The lowest BCUT2D eigenvalue weighted by Crippen LogP contribution is -2.54. The number of carbonyl (C=O) groups is 2. The molecule has 1 saturated heterocycles. The number of nitrogens with one attached hydrogen (secondary N) is 1. The first-order chi connectivity index (χ1) is 8.98. The van der Waals surface area contributed by atoms with Gasteiger partial charge in [-0.1, -0.05) is 6.92 Å². The molecule has 1 aliphatic rings. The van der Waals surface area contributed by atoms with Gasteiger partial charge in [0.15, 0.2) is 0 Å². The number of aryl methyl sites for hydroxylation is 2. The molecule has 1 aliphatic heterocycles. The Kier molecular flexibility index (Phi) is 4.20. The predicted octanol–water partition coefficient (Wildman–Crippen LogP) is 2.31. The van der Waals surface area contributed by atoms with Crippen molar-refractivity contribution in [1.29, 1.82) is 0 Å². The highest BCUT2D eigenvalue weighted by molar-refractivity contribution is 7.99. The summed E-state index contributed by atoms with van der Waals surface area (Å²) in [6.07, 6.45) is 1.37. The fourth-order valence-corrected chi connectivity index (χ4v) is 4.48. The van der Waals surface area contributed by atoms with Crippen LogP contribution in [0.1, 0.15) is 33.5 Å². The summed E-state index contributed by atoms with van der Waals surface area (Å²) in [5.74, 6) is 0.0162. The number of aliphatic carboxylic acids is 1. The number of carbonyl (C=O) groups excluding carboxylic acids is 1. The van der Waals surface area contributed by atoms with E-state index >= 15 is 0 Å². The standard InChI is InChI=1S/C13H17NO3S2/c1-3-9-6-10(19-8(9)2)11(15)14-13(12(16)17)4-5-18-7-13/h6H,3-5,7H2,1-2H3,(H,14,15)(H,16,17). The minimum Gasteiger partial charge on any atom is -0.479 e. The number of hydrogen-bond acceptors (Lipinski definition) is 4. The Balaban J connectivity index is 2.17. The van der Waals surface area contributed by atoms with Crippen LogP contribution in [0, 0.1) is 6.92 Å². The Bertz CT molecular complexity index is 504. The molecule has 1 atom stereocenters. The van der Waals surface area contributed by atoms with E-state index in [1.807, 2.05) is 19.9 Å². The van der Waals surface area contributed by atoms with Crippen molar-refractivity contribution in [2.75, 3.05) is 11.5 Å². The Morgan fingerprint density at radius 1 is 1.53 bits per heavy atom. The second kappa shape index (κ2) is 5.54. The number of carboxylic acid groups (broad SMARTS) is 1. The van der Waals surface area contributed by atoms with E-state index in [0.717, 1.165) is 22.6 Å². The van der Waals surface area contributed by atoms with Crippen LogP contribution in [0.15, 0.2) is 6.07 Å². The normalized spacial score (nSPS) is 22.4. The summed E-state index contributed by atoms with van der Waals surface area (Å²) in [6, 6.07) is 1.87. The van der Waals surface area contributed by atoms with Gasteiger partial charge in [-0.2, -0.15) is 11.8 Å². The van der Waals surface area contributed by atoms with E-state index < -0.39 is 11.5 Å². The second-order valence-electron chi connectivity index (χ2n) is 4.69. The lowest BCUT2D eigenvalue weighted by Gasteiger charge is -2.24. The van der Waals surface area contributed by atoms with Gasteiger partial charge in [-0.05, 0) is 37.1 Å². The Morgan fingerprint density at radius 2 is 2.26 bits per heavy atom. The molecule has 0 radical (unpaired) electrons. The lowest BCUT2D eigenvalue weighted by atomic mass is 9.99. The van der Waals surface area contributed by atoms with Crippen LogP contribution in [0.3, 0.4) is 0 Å². The number of carboxylic acids is 1. The van der Waals surface area contributed by atoms with Gasteiger partial charge in [0.05, 0.1) is 4.88 Å². The zero-order valence-electron chi connectivity index (χ0n) is 11.0. The quantitative estimate of drug-likeness (QED) is 0.895. The molecule has 104 valence electrons. The molecule has 4 nitrogen and oxygen atoms in total. The summed E-state index contributed by atoms with van der Waals surface area (Å²) in [5.41, 5.74) is 0.0618. The molecule has 6 heteroatoms. The molecule has 1 fully saturated rings. The Labute approximate surface area is 120 Å². The van der Waals surface area contributed by atoms with Crippen LogP contribution in [-0.2, 0) is 11.2 Å². The highest BCUT2D eigenvalue weighted by atomic mass is 32.2. The summed E-state index contributed by atoms with van der Waals surface area (Å²) >= 11 is 3.00. The third-order valence-electron chi connectivity index (χ3n) is 3.41. The van der Waals surface area contributed by atoms with E-state index in [0.29, 0.717) is 17.1 Å². The summed E-state index contributed by atoms with van der Waals surface area (Å²) < 4.78 is 0. The molecule has 0 spiro atoms. The van der Waals surface area contributed by atoms with Crippen molar-refractivity contribution in [2.24, 2.45) is 0 Å². The van der Waals surface area contributed by atoms with Gasteiger partial charge in [-0.15, -0.1) is 11.3 Å². The molecule has 2 heterocycles. The van der Waals surface area contributed by atoms with Gasteiger partial charge in [0.2, 0.25) is 0 Å². The highest BCUT2D eigenvalue weighted by Crippen LogP contribution is 2.29.